The molecule has 1 fully saturated rings. The molecule has 106 valence electrons. The average Bonchev–Trinajstić information content (AvgIpc) is 2.49. The lowest BCUT2D eigenvalue weighted by Crippen LogP contribution is -2.32. The summed E-state index contributed by atoms with van der Waals surface area (Å²) < 4.78 is 18.0. The van der Waals surface area contributed by atoms with E-state index in [2.05, 4.69) is 17.0 Å². The topological polar surface area (TPSA) is 38.5 Å². The summed E-state index contributed by atoms with van der Waals surface area (Å²) in [5.74, 6) is 0. The zero-order valence-corrected chi connectivity index (χ0v) is 11.5. The van der Waals surface area contributed by atoms with E-state index in [1.54, 1.807) is 7.11 Å². The maximum Gasteiger partial charge on any atom is 0.107 e. The molecule has 0 saturated carbocycles. The van der Waals surface area contributed by atoms with Crippen LogP contribution in [0.3, 0.4) is 0 Å². The summed E-state index contributed by atoms with van der Waals surface area (Å²) in [6.45, 7) is 1.67. The van der Waals surface area contributed by atoms with Crippen LogP contribution in [0.15, 0.2) is 24.3 Å². The minimum atomic E-state index is -0.606. The van der Waals surface area contributed by atoms with E-state index >= 15 is 0 Å². The Hall–Kier alpha value is -1.13. The van der Waals surface area contributed by atoms with Gasteiger partial charge in [0.1, 0.15) is 6.67 Å². The summed E-state index contributed by atoms with van der Waals surface area (Å²) in [5.41, 5.74) is 7.90. The number of alkyl halides is 1. The number of nitrogens with two attached hydrogens (primary N) is 1. The third kappa shape index (κ3) is 3.45. The van der Waals surface area contributed by atoms with E-state index in [0.29, 0.717) is 0 Å². The van der Waals surface area contributed by atoms with Crippen LogP contribution in [0.2, 0.25) is 0 Å². The fraction of sp³-hybridized carbons (Fsp3) is 0.600. The first-order chi connectivity index (χ1) is 9.26. The van der Waals surface area contributed by atoms with Crippen molar-refractivity contribution in [2.45, 2.75) is 31.4 Å². The number of halogens is 1. The monoisotopic (exact) mass is 266 g/mol. The largest absolute Gasteiger partial charge is 0.375 e. The van der Waals surface area contributed by atoms with Crippen molar-refractivity contribution in [1.82, 2.24) is 0 Å². The number of nitrogens with zero attached hydrogens (tertiary/aromatic N) is 1. The third-order valence-corrected chi connectivity index (χ3v) is 3.76. The van der Waals surface area contributed by atoms with E-state index in [1.807, 2.05) is 12.1 Å². The van der Waals surface area contributed by atoms with E-state index in [1.165, 1.54) is 24.9 Å². The maximum absolute atomic E-state index is 12.7. The number of ether oxygens (including phenoxy) is 1. The molecule has 1 aromatic rings. The molecular formula is C15H23FN2O. The molecule has 0 radical (unpaired) electrons. The number of benzene rings is 1. The molecule has 1 aliphatic rings. The maximum atomic E-state index is 12.7. The van der Waals surface area contributed by atoms with Crippen molar-refractivity contribution in [3.8, 4) is 0 Å². The van der Waals surface area contributed by atoms with Crippen molar-refractivity contribution in [2.75, 3.05) is 31.8 Å². The van der Waals surface area contributed by atoms with Crippen molar-refractivity contribution in [3.05, 3.63) is 29.8 Å². The van der Waals surface area contributed by atoms with Gasteiger partial charge in [0.2, 0.25) is 0 Å². The number of rotatable bonds is 5. The van der Waals surface area contributed by atoms with Gasteiger partial charge in [0.25, 0.3) is 0 Å². The molecular weight excluding hydrogens is 243 g/mol. The standard InChI is InChI=1S/C15H23FN2O/c1-19-15(14(17)11-16)12-5-7-13(8-6-12)18-9-3-2-4-10-18/h5-8,14-15H,2-4,9-11,17H2,1H3/t14-,15-/m1/s1. The van der Waals surface area contributed by atoms with Crippen LogP contribution in [0.4, 0.5) is 10.1 Å². The van der Waals surface area contributed by atoms with Gasteiger partial charge in [0.05, 0.1) is 12.1 Å². The summed E-state index contributed by atoms with van der Waals surface area (Å²) in [6.07, 6.45) is 3.47. The molecule has 0 aliphatic carbocycles. The molecule has 0 unspecified atom stereocenters. The Morgan fingerprint density at radius 3 is 2.37 bits per heavy atom. The van der Waals surface area contributed by atoms with Gasteiger partial charge in [-0.2, -0.15) is 0 Å². The van der Waals surface area contributed by atoms with Crippen LogP contribution in [0.1, 0.15) is 30.9 Å². The van der Waals surface area contributed by atoms with Crippen LogP contribution >= 0.6 is 0 Å². The minimum absolute atomic E-state index is 0.375. The van der Waals surface area contributed by atoms with Crippen LogP contribution in [0.25, 0.3) is 0 Å². The van der Waals surface area contributed by atoms with E-state index in [9.17, 15) is 4.39 Å². The minimum Gasteiger partial charge on any atom is -0.375 e. The molecule has 4 heteroatoms. The van der Waals surface area contributed by atoms with Crippen LogP contribution in [-0.4, -0.2) is 32.9 Å². The molecule has 19 heavy (non-hydrogen) atoms. The number of anilines is 1. The van der Waals surface area contributed by atoms with Gasteiger partial charge in [-0.25, -0.2) is 4.39 Å². The summed E-state index contributed by atoms with van der Waals surface area (Å²) in [7, 11) is 1.57. The summed E-state index contributed by atoms with van der Waals surface area (Å²) in [6, 6.07) is 7.54. The molecule has 1 saturated heterocycles. The van der Waals surface area contributed by atoms with Gasteiger partial charge in [-0.1, -0.05) is 12.1 Å². The van der Waals surface area contributed by atoms with Crippen LogP contribution in [0.5, 0.6) is 0 Å². The molecule has 2 rings (SSSR count). The molecule has 2 atom stereocenters. The number of piperidine rings is 1. The normalized spacial score (nSPS) is 19.2. The number of methoxy groups -OCH3 is 1. The summed E-state index contributed by atoms with van der Waals surface area (Å²) >= 11 is 0. The highest BCUT2D eigenvalue weighted by molar-refractivity contribution is 5.48. The Labute approximate surface area is 114 Å². The molecule has 1 aliphatic heterocycles. The lowest BCUT2D eigenvalue weighted by atomic mass is 10.0. The summed E-state index contributed by atoms with van der Waals surface area (Å²) in [4.78, 5) is 2.39. The molecule has 1 aromatic carbocycles. The summed E-state index contributed by atoms with van der Waals surface area (Å²) in [5, 5.41) is 0. The van der Waals surface area contributed by atoms with Gasteiger partial charge in [-0.3, -0.25) is 0 Å². The molecule has 0 amide bonds. The van der Waals surface area contributed by atoms with Crippen LogP contribution in [-0.2, 0) is 4.74 Å². The number of hydrogen-bond donors (Lipinski definition) is 1. The van der Waals surface area contributed by atoms with Gasteiger partial charge in [0.15, 0.2) is 0 Å². The Morgan fingerprint density at radius 2 is 1.84 bits per heavy atom. The second-order valence-electron chi connectivity index (χ2n) is 5.11. The van der Waals surface area contributed by atoms with Crippen molar-refractivity contribution < 1.29 is 9.13 Å². The lowest BCUT2D eigenvalue weighted by Gasteiger charge is -2.29. The second kappa shape index (κ2) is 6.87. The third-order valence-electron chi connectivity index (χ3n) is 3.76. The predicted octanol–water partition coefficient (Wildman–Crippen LogP) is 2.66. The SMILES string of the molecule is CO[C@H](c1ccc(N2CCCCC2)cc1)[C@H](N)CF. The molecule has 2 N–H and O–H groups in total. The Balaban J connectivity index is 2.08. The van der Waals surface area contributed by atoms with E-state index in [-0.39, 0.29) is 6.10 Å². The first kappa shape index (κ1) is 14.3. The highest BCUT2D eigenvalue weighted by Gasteiger charge is 2.19. The van der Waals surface area contributed by atoms with E-state index < -0.39 is 12.7 Å². The van der Waals surface area contributed by atoms with Gasteiger partial charge in [-0.05, 0) is 37.0 Å². The quantitative estimate of drug-likeness (QED) is 0.890. The predicted molar refractivity (Wildman–Crippen MR) is 76.2 cm³/mol. The van der Waals surface area contributed by atoms with Crippen molar-refractivity contribution in [1.29, 1.82) is 0 Å². The second-order valence-corrected chi connectivity index (χ2v) is 5.11. The van der Waals surface area contributed by atoms with Crippen LogP contribution < -0.4 is 10.6 Å². The Kier molecular flexibility index (Phi) is 5.16. The van der Waals surface area contributed by atoms with Gasteiger partial charge in [0, 0.05) is 25.9 Å². The van der Waals surface area contributed by atoms with Crippen molar-refractivity contribution >= 4 is 5.69 Å². The Morgan fingerprint density at radius 1 is 1.21 bits per heavy atom. The molecule has 0 bridgehead atoms. The number of hydrogen-bond acceptors (Lipinski definition) is 3. The first-order valence-electron chi connectivity index (χ1n) is 6.95. The van der Waals surface area contributed by atoms with Crippen LogP contribution in [0, 0.1) is 0 Å². The first-order valence-corrected chi connectivity index (χ1v) is 6.95. The van der Waals surface area contributed by atoms with Gasteiger partial charge >= 0.3 is 0 Å². The fourth-order valence-corrected chi connectivity index (χ4v) is 2.67. The van der Waals surface area contributed by atoms with Crippen molar-refractivity contribution in [3.63, 3.8) is 0 Å². The smallest absolute Gasteiger partial charge is 0.107 e. The lowest BCUT2D eigenvalue weighted by molar-refractivity contribution is 0.0721. The zero-order chi connectivity index (χ0) is 13.7. The Bertz CT molecular complexity index is 376. The molecule has 3 nitrogen and oxygen atoms in total. The highest BCUT2D eigenvalue weighted by atomic mass is 19.1. The van der Waals surface area contributed by atoms with Gasteiger partial charge < -0.3 is 15.4 Å². The molecule has 0 spiro atoms. The van der Waals surface area contributed by atoms with Gasteiger partial charge in [-0.15, -0.1) is 0 Å². The zero-order valence-electron chi connectivity index (χ0n) is 11.5. The molecule has 1 heterocycles. The van der Waals surface area contributed by atoms with Crippen molar-refractivity contribution in [2.24, 2.45) is 5.73 Å². The van der Waals surface area contributed by atoms with E-state index in [0.717, 1.165) is 18.7 Å². The highest BCUT2D eigenvalue weighted by Crippen LogP contribution is 2.25. The average molecular weight is 266 g/mol. The van der Waals surface area contributed by atoms with E-state index in [4.69, 9.17) is 10.5 Å². The fourth-order valence-electron chi connectivity index (χ4n) is 2.67. The molecule has 0 aromatic heterocycles.